The summed E-state index contributed by atoms with van der Waals surface area (Å²) in [6.07, 6.45) is 3.44. The molecule has 21 heavy (non-hydrogen) atoms. The van der Waals surface area contributed by atoms with Crippen LogP contribution in [0.3, 0.4) is 0 Å². The third-order valence-corrected chi connectivity index (χ3v) is 4.76. The van der Waals surface area contributed by atoms with Gasteiger partial charge in [-0.3, -0.25) is 4.79 Å². The molecule has 1 aliphatic heterocycles. The van der Waals surface area contributed by atoms with Crippen LogP contribution in [-0.4, -0.2) is 32.1 Å². The van der Waals surface area contributed by atoms with Crippen LogP contribution in [0.4, 0.5) is 5.69 Å². The lowest BCUT2D eigenvalue weighted by molar-refractivity contribution is -0.137. The lowest BCUT2D eigenvalue weighted by Gasteiger charge is -2.38. The average Bonchev–Trinajstić information content (AvgIpc) is 2.44. The van der Waals surface area contributed by atoms with Gasteiger partial charge in [0.15, 0.2) is 0 Å². The Morgan fingerprint density at radius 1 is 1.33 bits per heavy atom. The normalized spacial score (nSPS) is 19.5. The number of para-hydroxylation sites is 1. The number of rotatable bonds is 5. The molecule has 0 aliphatic carbocycles. The van der Waals surface area contributed by atoms with Crippen LogP contribution in [0.2, 0.25) is 0 Å². The summed E-state index contributed by atoms with van der Waals surface area (Å²) >= 11 is 0. The first-order valence-corrected chi connectivity index (χ1v) is 8.54. The second-order valence-electron chi connectivity index (χ2n) is 5.29. The van der Waals surface area contributed by atoms with Gasteiger partial charge in [-0.15, -0.1) is 0 Å². The second kappa shape index (κ2) is 6.44. The van der Waals surface area contributed by atoms with Crippen LogP contribution >= 0.6 is 0 Å². The van der Waals surface area contributed by atoms with Gasteiger partial charge in [0.2, 0.25) is 10.0 Å². The number of aliphatic carboxylic acids is 1. The molecule has 116 valence electrons. The molecule has 6 nitrogen and oxygen atoms in total. The standard InChI is InChI=1S/C14H20N2O4S/c15-21(19,20)13-7-2-1-6-12(13)16-10-4-3-5-11(16)8-9-14(17)18/h1-2,6-7,11H,3-5,8-10H2,(H,17,18)(H2,15,19,20). The van der Waals surface area contributed by atoms with E-state index in [4.69, 9.17) is 10.2 Å². The van der Waals surface area contributed by atoms with Crippen LogP contribution in [0.25, 0.3) is 0 Å². The molecule has 3 N–H and O–H groups in total. The molecule has 1 aliphatic rings. The molecule has 1 aromatic rings. The van der Waals surface area contributed by atoms with Gasteiger partial charge in [0.05, 0.1) is 5.69 Å². The number of hydrogen-bond acceptors (Lipinski definition) is 4. The highest BCUT2D eigenvalue weighted by molar-refractivity contribution is 7.89. The molecular weight excluding hydrogens is 292 g/mol. The Kier molecular flexibility index (Phi) is 4.84. The zero-order valence-corrected chi connectivity index (χ0v) is 12.6. The summed E-state index contributed by atoms with van der Waals surface area (Å²) in [4.78, 5) is 12.9. The first-order valence-electron chi connectivity index (χ1n) is 7.00. The maximum atomic E-state index is 11.7. The topological polar surface area (TPSA) is 101 Å². The summed E-state index contributed by atoms with van der Waals surface area (Å²) in [6, 6.07) is 6.68. The van der Waals surface area contributed by atoms with E-state index in [-0.39, 0.29) is 17.4 Å². The Hall–Kier alpha value is -1.60. The Labute approximate surface area is 124 Å². The van der Waals surface area contributed by atoms with Crippen molar-refractivity contribution in [2.75, 3.05) is 11.4 Å². The largest absolute Gasteiger partial charge is 0.481 e. The maximum absolute atomic E-state index is 11.7. The SMILES string of the molecule is NS(=O)(=O)c1ccccc1N1CCCCC1CCC(=O)O. The van der Waals surface area contributed by atoms with Gasteiger partial charge in [-0.25, -0.2) is 13.6 Å². The third kappa shape index (κ3) is 3.95. The van der Waals surface area contributed by atoms with E-state index in [1.54, 1.807) is 18.2 Å². The molecule has 0 radical (unpaired) electrons. The monoisotopic (exact) mass is 312 g/mol. The van der Waals surface area contributed by atoms with Gasteiger partial charge in [0, 0.05) is 19.0 Å². The molecule has 0 aromatic heterocycles. The molecule has 7 heteroatoms. The van der Waals surface area contributed by atoms with Crippen molar-refractivity contribution >= 4 is 21.7 Å². The Balaban J connectivity index is 2.31. The van der Waals surface area contributed by atoms with E-state index in [1.165, 1.54) is 6.07 Å². The summed E-state index contributed by atoms with van der Waals surface area (Å²) in [5.41, 5.74) is 0.579. The summed E-state index contributed by atoms with van der Waals surface area (Å²) < 4.78 is 23.5. The zero-order valence-electron chi connectivity index (χ0n) is 11.7. The fraction of sp³-hybridized carbons (Fsp3) is 0.500. The third-order valence-electron chi connectivity index (χ3n) is 3.80. The van der Waals surface area contributed by atoms with Crippen molar-refractivity contribution in [2.24, 2.45) is 5.14 Å². The summed E-state index contributed by atoms with van der Waals surface area (Å²) in [5, 5.41) is 14.1. The van der Waals surface area contributed by atoms with Crippen molar-refractivity contribution in [3.63, 3.8) is 0 Å². The number of hydrogen-bond donors (Lipinski definition) is 2. The number of sulfonamides is 1. The van der Waals surface area contributed by atoms with Gasteiger partial charge in [-0.1, -0.05) is 12.1 Å². The summed E-state index contributed by atoms with van der Waals surface area (Å²) in [5.74, 6) is -0.833. The van der Waals surface area contributed by atoms with Crippen molar-refractivity contribution in [1.82, 2.24) is 0 Å². The molecule has 2 rings (SSSR count). The molecule has 0 saturated carbocycles. The highest BCUT2D eigenvalue weighted by atomic mass is 32.2. The highest BCUT2D eigenvalue weighted by Gasteiger charge is 2.27. The Morgan fingerprint density at radius 3 is 2.71 bits per heavy atom. The first kappa shape index (κ1) is 15.8. The van der Waals surface area contributed by atoms with E-state index in [0.717, 1.165) is 25.8 Å². The highest BCUT2D eigenvalue weighted by Crippen LogP contribution is 2.31. The zero-order chi connectivity index (χ0) is 15.5. The molecule has 1 fully saturated rings. The number of nitrogens with two attached hydrogens (primary N) is 1. The van der Waals surface area contributed by atoms with Crippen molar-refractivity contribution in [2.45, 2.75) is 43.0 Å². The predicted molar refractivity (Wildman–Crippen MR) is 79.7 cm³/mol. The average molecular weight is 312 g/mol. The minimum Gasteiger partial charge on any atom is -0.481 e. The first-order chi connectivity index (χ1) is 9.89. The smallest absolute Gasteiger partial charge is 0.303 e. The van der Waals surface area contributed by atoms with Crippen LogP contribution in [0.15, 0.2) is 29.2 Å². The van der Waals surface area contributed by atoms with E-state index >= 15 is 0 Å². The lowest BCUT2D eigenvalue weighted by atomic mass is 9.97. The molecule has 1 heterocycles. The number of carbonyl (C=O) groups is 1. The molecule has 0 bridgehead atoms. The van der Waals surface area contributed by atoms with Crippen molar-refractivity contribution in [3.05, 3.63) is 24.3 Å². The van der Waals surface area contributed by atoms with Gasteiger partial charge >= 0.3 is 5.97 Å². The van der Waals surface area contributed by atoms with E-state index in [1.807, 2.05) is 4.90 Å². The van der Waals surface area contributed by atoms with Gasteiger partial charge in [-0.2, -0.15) is 0 Å². The number of piperidine rings is 1. The van der Waals surface area contributed by atoms with Crippen LogP contribution < -0.4 is 10.0 Å². The van der Waals surface area contributed by atoms with E-state index in [0.29, 0.717) is 12.1 Å². The van der Waals surface area contributed by atoms with Gasteiger partial charge in [0.25, 0.3) is 0 Å². The molecule has 0 amide bonds. The number of primary sulfonamides is 1. The number of carboxylic acid groups (broad SMARTS) is 1. The summed E-state index contributed by atoms with van der Waals surface area (Å²) in [6.45, 7) is 0.719. The minimum atomic E-state index is -3.80. The summed E-state index contributed by atoms with van der Waals surface area (Å²) in [7, 11) is -3.80. The van der Waals surface area contributed by atoms with Crippen molar-refractivity contribution < 1.29 is 18.3 Å². The molecule has 1 aromatic carbocycles. The van der Waals surface area contributed by atoms with E-state index in [2.05, 4.69) is 0 Å². The minimum absolute atomic E-state index is 0.0396. The van der Waals surface area contributed by atoms with Gasteiger partial charge < -0.3 is 10.0 Å². The molecule has 1 atom stereocenters. The van der Waals surface area contributed by atoms with Crippen molar-refractivity contribution in [3.8, 4) is 0 Å². The van der Waals surface area contributed by atoms with E-state index in [9.17, 15) is 13.2 Å². The van der Waals surface area contributed by atoms with Gasteiger partial charge in [-0.05, 0) is 37.8 Å². The number of carboxylic acids is 1. The number of benzene rings is 1. The van der Waals surface area contributed by atoms with Crippen LogP contribution in [0, 0.1) is 0 Å². The number of nitrogens with zero attached hydrogens (tertiary/aromatic N) is 1. The lowest BCUT2D eigenvalue weighted by Crippen LogP contribution is -2.40. The van der Waals surface area contributed by atoms with E-state index < -0.39 is 16.0 Å². The van der Waals surface area contributed by atoms with Crippen LogP contribution in [0.5, 0.6) is 0 Å². The molecular formula is C14H20N2O4S. The molecule has 1 unspecified atom stereocenters. The quantitative estimate of drug-likeness (QED) is 0.859. The van der Waals surface area contributed by atoms with Crippen LogP contribution in [-0.2, 0) is 14.8 Å². The Morgan fingerprint density at radius 2 is 2.05 bits per heavy atom. The fourth-order valence-corrected chi connectivity index (χ4v) is 3.59. The molecule has 1 saturated heterocycles. The van der Waals surface area contributed by atoms with Crippen LogP contribution in [0.1, 0.15) is 32.1 Å². The van der Waals surface area contributed by atoms with Gasteiger partial charge in [0.1, 0.15) is 4.90 Å². The predicted octanol–water partition coefficient (Wildman–Crippen LogP) is 1.56. The number of anilines is 1. The Bertz CT molecular complexity index is 615. The van der Waals surface area contributed by atoms with Crippen molar-refractivity contribution in [1.29, 1.82) is 0 Å². The second-order valence-corrected chi connectivity index (χ2v) is 6.82. The molecule has 0 spiro atoms. The fourth-order valence-electron chi connectivity index (χ4n) is 2.84. The maximum Gasteiger partial charge on any atom is 0.303 e.